The molecule has 5 heteroatoms. The minimum absolute atomic E-state index is 0.342. The maximum absolute atomic E-state index is 11.4. The molecule has 0 radical (unpaired) electrons. The lowest BCUT2D eigenvalue weighted by molar-refractivity contribution is -0.119. The number of nitriles is 1. The summed E-state index contributed by atoms with van der Waals surface area (Å²) in [4.78, 5) is 24.6. The Morgan fingerprint density at radius 1 is 1.06 bits per heavy atom. The molecule has 1 heterocycles. The fourth-order valence-corrected chi connectivity index (χ4v) is 1.75. The summed E-state index contributed by atoms with van der Waals surface area (Å²) in [5.41, 5.74) is 0.516. The first-order valence-corrected chi connectivity index (χ1v) is 5.26. The molecule has 0 unspecified atom stereocenters. The van der Waals surface area contributed by atoms with Crippen LogP contribution in [-0.2, 0) is 9.59 Å². The van der Waals surface area contributed by atoms with E-state index >= 15 is 0 Å². The molecule has 0 saturated heterocycles. The SMILES string of the molecule is N#CSc1ccc(N2C(=O)C=CC2=O)cc1. The Balaban J connectivity index is 2.26. The molecule has 1 aromatic carbocycles. The van der Waals surface area contributed by atoms with Gasteiger partial charge >= 0.3 is 0 Å². The summed E-state index contributed by atoms with van der Waals surface area (Å²) in [6.45, 7) is 0. The normalized spacial score (nSPS) is 14.3. The summed E-state index contributed by atoms with van der Waals surface area (Å²) >= 11 is 1.03. The maximum Gasteiger partial charge on any atom is 0.258 e. The Morgan fingerprint density at radius 2 is 1.62 bits per heavy atom. The van der Waals surface area contributed by atoms with E-state index in [1.807, 2.05) is 5.40 Å². The van der Waals surface area contributed by atoms with E-state index in [9.17, 15) is 9.59 Å². The van der Waals surface area contributed by atoms with Crippen molar-refractivity contribution in [2.24, 2.45) is 0 Å². The number of anilines is 1. The highest BCUT2D eigenvalue weighted by atomic mass is 32.2. The molecule has 0 atom stereocenters. The summed E-state index contributed by atoms with van der Waals surface area (Å²) in [6, 6.07) is 6.68. The third kappa shape index (κ3) is 1.83. The number of thiocyanates is 1. The lowest BCUT2D eigenvalue weighted by atomic mass is 10.3. The first kappa shape index (κ1) is 10.5. The third-order valence-electron chi connectivity index (χ3n) is 2.07. The predicted molar refractivity (Wildman–Crippen MR) is 59.5 cm³/mol. The fourth-order valence-electron chi connectivity index (χ4n) is 1.37. The van der Waals surface area contributed by atoms with Gasteiger partial charge in [0.2, 0.25) is 0 Å². The van der Waals surface area contributed by atoms with Crippen molar-refractivity contribution in [1.82, 2.24) is 0 Å². The quantitative estimate of drug-likeness (QED) is 0.440. The van der Waals surface area contributed by atoms with Crippen LogP contribution in [0.25, 0.3) is 0 Å². The minimum Gasteiger partial charge on any atom is -0.269 e. The maximum atomic E-state index is 11.4. The first-order chi connectivity index (χ1) is 7.72. The molecule has 1 aliphatic heterocycles. The second-order valence-corrected chi connectivity index (χ2v) is 3.89. The number of thioether (sulfide) groups is 1. The van der Waals surface area contributed by atoms with E-state index < -0.39 is 0 Å². The highest BCUT2D eigenvalue weighted by Crippen LogP contribution is 2.23. The van der Waals surface area contributed by atoms with Crippen LogP contribution in [0.3, 0.4) is 0 Å². The van der Waals surface area contributed by atoms with Crippen molar-refractivity contribution in [3.05, 3.63) is 36.4 Å². The Hall–Kier alpha value is -2.06. The Bertz CT molecular complexity index is 496. The van der Waals surface area contributed by atoms with Crippen molar-refractivity contribution < 1.29 is 9.59 Å². The summed E-state index contributed by atoms with van der Waals surface area (Å²) < 4.78 is 0. The molecule has 0 aromatic heterocycles. The molecule has 0 fully saturated rings. The topological polar surface area (TPSA) is 61.2 Å². The molecule has 1 aliphatic rings. The molecule has 0 bridgehead atoms. The van der Waals surface area contributed by atoms with Crippen LogP contribution >= 0.6 is 11.8 Å². The number of amides is 2. The number of hydrogen-bond acceptors (Lipinski definition) is 4. The molecular weight excluding hydrogens is 224 g/mol. The van der Waals surface area contributed by atoms with Gasteiger partial charge in [-0.25, -0.2) is 4.90 Å². The van der Waals surface area contributed by atoms with Crippen LogP contribution in [0.15, 0.2) is 41.3 Å². The lowest BCUT2D eigenvalue weighted by Gasteiger charge is -2.13. The van der Waals surface area contributed by atoms with Gasteiger partial charge in [-0.3, -0.25) is 9.59 Å². The van der Waals surface area contributed by atoms with Crippen LogP contribution in [0.1, 0.15) is 0 Å². The van der Waals surface area contributed by atoms with Crippen LogP contribution in [0.5, 0.6) is 0 Å². The van der Waals surface area contributed by atoms with Gasteiger partial charge in [-0.2, -0.15) is 5.26 Å². The van der Waals surface area contributed by atoms with E-state index in [2.05, 4.69) is 0 Å². The summed E-state index contributed by atoms with van der Waals surface area (Å²) in [7, 11) is 0. The highest BCUT2D eigenvalue weighted by molar-refractivity contribution is 8.03. The van der Waals surface area contributed by atoms with Crippen molar-refractivity contribution in [3.8, 4) is 5.40 Å². The zero-order valence-electron chi connectivity index (χ0n) is 8.08. The van der Waals surface area contributed by atoms with Gasteiger partial charge in [-0.1, -0.05) is 0 Å². The monoisotopic (exact) mass is 230 g/mol. The summed E-state index contributed by atoms with van der Waals surface area (Å²) in [5, 5.41) is 10.4. The van der Waals surface area contributed by atoms with Crippen LogP contribution in [-0.4, -0.2) is 11.8 Å². The second kappa shape index (κ2) is 4.21. The largest absolute Gasteiger partial charge is 0.269 e. The average molecular weight is 230 g/mol. The fraction of sp³-hybridized carbons (Fsp3) is 0. The van der Waals surface area contributed by atoms with Crippen LogP contribution in [0.4, 0.5) is 5.69 Å². The van der Waals surface area contributed by atoms with Gasteiger partial charge < -0.3 is 0 Å². The molecule has 4 nitrogen and oxygen atoms in total. The van der Waals surface area contributed by atoms with Gasteiger partial charge in [-0.15, -0.1) is 0 Å². The molecule has 0 spiro atoms. The zero-order chi connectivity index (χ0) is 11.5. The predicted octanol–water partition coefficient (Wildman–Crippen LogP) is 1.69. The molecule has 0 saturated carbocycles. The number of carbonyl (C=O) groups excluding carboxylic acids is 2. The molecule has 2 amide bonds. The standard InChI is InChI=1S/C11H6N2O2S/c12-7-16-9-3-1-8(2-4-9)13-10(14)5-6-11(13)15/h1-6H. The number of nitrogens with zero attached hydrogens (tertiary/aromatic N) is 2. The Kier molecular flexibility index (Phi) is 2.75. The van der Waals surface area contributed by atoms with Crippen LogP contribution in [0.2, 0.25) is 0 Å². The van der Waals surface area contributed by atoms with Gasteiger partial charge in [0, 0.05) is 17.0 Å². The molecule has 16 heavy (non-hydrogen) atoms. The van der Waals surface area contributed by atoms with Crippen molar-refractivity contribution in [2.45, 2.75) is 4.90 Å². The number of rotatable bonds is 2. The third-order valence-corrected chi connectivity index (χ3v) is 2.67. The Labute approximate surface area is 96.2 Å². The summed E-state index contributed by atoms with van der Waals surface area (Å²) in [5.74, 6) is -0.684. The smallest absolute Gasteiger partial charge is 0.258 e. The van der Waals surface area contributed by atoms with Crippen LogP contribution < -0.4 is 4.90 Å². The van der Waals surface area contributed by atoms with E-state index in [0.29, 0.717) is 5.69 Å². The van der Waals surface area contributed by atoms with Crippen molar-refractivity contribution in [3.63, 3.8) is 0 Å². The summed E-state index contributed by atoms with van der Waals surface area (Å²) in [6.07, 6.45) is 2.47. The van der Waals surface area contributed by atoms with Gasteiger partial charge in [0.15, 0.2) is 0 Å². The van der Waals surface area contributed by atoms with Crippen molar-refractivity contribution in [2.75, 3.05) is 4.90 Å². The number of carbonyl (C=O) groups is 2. The van der Waals surface area contributed by atoms with E-state index in [4.69, 9.17) is 5.26 Å². The number of hydrogen-bond donors (Lipinski definition) is 0. The molecule has 2 rings (SSSR count). The van der Waals surface area contributed by atoms with Gasteiger partial charge in [0.25, 0.3) is 11.8 Å². The van der Waals surface area contributed by atoms with E-state index in [1.165, 1.54) is 12.2 Å². The molecular formula is C11H6N2O2S. The average Bonchev–Trinajstić information content (AvgIpc) is 2.61. The van der Waals surface area contributed by atoms with Gasteiger partial charge in [-0.05, 0) is 36.0 Å². The van der Waals surface area contributed by atoms with Gasteiger partial charge in [0.05, 0.1) is 5.69 Å². The van der Waals surface area contributed by atoms with E-state index in [1.54, 1.807) is 24.3 Å². The first-order valence-electron chi connectivity index (χ1n) is 4.44. The second-order valence-electron chi connectivity index (χ2n) is 3.03. The van der Waals surface area contributed by atoms with E-state index in [0.717, 1.165) is 21.6 Å². The molecule has 0 N–H and O–H groups in total. The molecule has 0 aliphatic carbocycles. The van der Waals surface area contributed by atoms with Gasteiger partial charge in [0.1, 0.15) is 5.40 Å². The Morgan fingerprint density at radius 3 is 2.12 bits per heavy atom. The highest BCUT2D eigenvalue weighted by Gasteiger charge is 2.24. The van der Waals surface area contributed by atoms with Crippen LogP contribution in [0, 0.1) is 10.7 Å². The zero-order valence-corrected chi connectivity index (χ0v) is 8.90. The minimum atomic E-state index is -0.342. The van der Waals surface area contributed by atoms with Crippen molar-refractivity contribution in [1.29, 1.82) is 5.26 Å². The number of benzene rings is 1. The lowest BCUT2D eigenvalue weighted by Crippen LogP contribution is -2.29. The molecule has 1 aromatic rings. The van der Waals surface area contributed by atoms with Crippen molar-refractivity contribution >= 4 is 29.3 Å². The molecule has 78 valence electrons. The van der Waals surface area contributed by atoms with E-state index in [-0.39, 0.29) is 11.8 Å². The number of imide groups is 1.